The van der Waals surface area contributed by atoms with Crippen molar-refractivity contribution >= 4 is 50.3 Å². The zero-order valence-corrected chi connectivity index (χ0v) is 14.5. The second-order valence-electron chi connectivity index (χ2n) is 4.94. The summed E-state index contributed by atoms with van der Waals surface area (Å²) in [5, 5.41) is 4.83. The summed E-state index contributed by atoms with van der Waals surface area (Å²) in [4.78, 5) is 13.6. The Morgan fingerprint density at radius 3 is 2.76 bits per heavy atom. The maximum Gasteiger partial charge on any atom is 0.225 e. The molecular weight excluding hydrogens is 322 g/mol. The molecule has 0 aliphatic carbocycles. The average molecular weight is 338 g/mol. The van der Waals surface area contributed by atoms with E-state index in [0.717, 1.165) is 22.5 Å². The SMILES string of the molecule is CCc1cc2c(NC(C)c3ccc(C)s3)nc(Cl)nc2s1. The van der Waals surface area contributed by atoms with Gasteiger partial charge in [0.25, 0.3) is 0 Å². The standard InChI is InChI=1S/C15H16ClN3S2/c1-4-10-7-11-13(18-15(16)19-14(11)21-10)17-9(3)12-6-5-8(2)20-12/h5-7,9H,4H2,1-3H3,(H,17,18,19). The van der Waals surface area contributed by atoms with Crippen LogP contribution in [0, 0.1) is 6.92 Å². The number of aryl methyl sites for hydroxylation is 2. The fraction of sp³-hybridized carbons (Fsp3) is 0.333. The molecule has 0 amide bonds. The van der Waals surface area contributed by atoms with Crippen LogP contribution >= 0.6 is 34.3 Å². The number of nitrogens with one attached hydrogen (secondary N) is 1. The molecule has 3 aromatic heterocycles. The van der Waals surface area contributed by atoms with E-state index in [1.165, 1.54) is 14.6 Å². The number of rotatable bonds is 4. The molecule has 1 N–H and O–H groups in total. The van der Waals surface area contributed by atoms with E-state index in [2.05, 4.69) is 54.3 Å². The number of nitrogens with zero attached hydrogens (tertiary/aromatic N) is 2. The Balaban J connectivity index is 1.97. The van der Waals surface area contributed by atoms with E-state index in [4.69, 9.17) is 11.6 Å². The van der Waals surface area contributed by atoms with Crippen molar-refractivity contribution in [3.8, 4) is 0 Å². The van der Waals surface area contributed by atoms with Crippen LogP contribution in [0.2, 0.25) is 5.28 Å². The van der Waals surface area contributed by atoms with Crippen LogP contribution < -0.4 is 5.32 Å². The highest BCUT2D eigenvalue weighted by Gasteiger charge is 2.14. The molecule has 0 fully saturated rings. The normalized spacial score (nSPS) is 12.8. The number of hydrogen-bond donors (Lipinski definition) is 1. The smallest absolute Gasteiger partial charge is 0.225 e. The molecule has 1 unspecified atom stereocenters. The summed E-state index contributed by atoms with van der Waals surface area (Å²) >= 11 is 9.53. The highest BCUT2D eigenvalue weighted by molar-refractivity contribution is 7.18. The molecule has 0 bridgehead atoms. The van der Waals surface area contributed by atoms with Gasteiger partial charge in [-0.05, 0) is 50.1 Å². The van der Waals surface area contributed by atoms with E-state index in [1.54, 1.807) is 22.7 Å². The summed E-state index contributed by atoms with van der Waals surface area (Å²) in [5.74, 6) is 0.819. The molecule has 21 heavy (non-hydrogen) atoms. The van der Waals surface area contributed by atoms with Crippen LogP contribution in [0.3, 0.4) is 0 Å². The molecule has 0 spiro atoms. The van der Waals surface area contributed by atoms with Crippen LogP contribution in [-0.2, 0) is 6.42 Å². The lowest BCUT2D eigenvalue weighted by Crippen LogP contribution is -2.07. The zero-order valence-electron chi connectivity index (χ0n) is 12.1. The molecule has 1 atom stereocenters. The van der Waals surface area contributed by atoms with Crippen molar-refractivity contribution in [2.75, 3.05) is 5.32 Å². The van der Waals surface area contributed by atoms with Gasteiger partial charge in [-0.1, -0.05) is 6.92 Å². The van der Waals surface area contributed by atoms with Crippen LogP contribution in [-0.4, -0.2) is 9.97 Å². The van der Waals surface area contributed by atoms with Gasteiger partial charge in [-0.2, -0.15) is 0 Å². The minimum atomic E-state index is 0.197. The van der Waals surface area contributed by atoms with Gasteiger partial charge in [-0.25, -0.2) is 9.97 Å². The van der Waals surface area contributed by atoms with Crippen molar-refractivity contribution in [3.05, 3.63) is 38.1 Å². The number of fused-ring (bicyclic) bond motifs is 1. The van der Waals surface area contributed by atoms with Gasteiger partial charge in [-0.15, -0.1) is 22.7 Å². The van der Waals surface area contributed by atoms with Gasteiger partial charge in [0, 0.05) is 14.6 Å². The molecule has 0 saturated heterocycles. The highest BCUT2D eigenvalue weighted by atomic mass is 35.5. The summed E-state index contributed by atoms with van der Waals surface area (Å²) < 4.78 is 0. The minimum absolute atomic E-state index is 0.197. The Kier molecular flexibility index (Phi) is 4.15. The lowest BCUT2D eigenvalue weighted by molar-refractivity contribution is 0.898. The summed E-state index contributed by atoms with van der Waals surface area (Å²) in [5.41, 5.74) is 0. The Morgan fingerprint density at radius 2 is 2.10 bits per heavy atom. The van der Waals surface area contributed by atoms with Crippen LogP contribution in [0.4, 0.5) is 5.82 Å². The van der Waals surface area contributed by atoms with E-state index in [0.29, 0.717) is 5.28 Å². The molecule has 3 heterocycles. The van der Waals surface area contributed by atoms with Crippen LogP contribution in [0.15, 0.2) is 18.2 Å². The first-order valence-corrected chi connectivity index (χ1v) is 8.86. The van der Waals surface area contributed by atoms with Gasteiger partial charge >= 0.3 is 0 Å². The first-order valence-electron chi connectivity index (χ1n) is 6.85. The van der Waals surface area contributed by atoms with E-state index < -0.39 is 0 Å². The summed E-state index contributed by atoms with van der Waals surface area (Å²) in [6.07, 6.45) is 0.998. The largest absolute Gasteiger partial charge is 0.362 e. The summed E-state index contributed by atoms with van der Waals surface area (Å²) in [6, 6.07) is 6.65. The van der Waals surface area contributed by atoms with Crippen molar-refractivity contribution in [1.82, 2.24) is 9.97 Å². The molecule has 0 saturated carbocycles. The second-order valence-corrected chi connectivity index (χ2v) is 7.71. The molecule has 0 aromatic carbocycles. The van der Waals surface area contributed by atoms with E-state index >= 15 is 0 Å². The van der Waals surface area contributed by atoms with Crippen molar-refractivity contribution in [2.45, 2.75) is 33.2 Å². The Bertz CT molecular complexity index is 778. The Hall–Kier alpha value is -1.17. The minimum Gasteiger partial charge on any atom is -0.362 e. The third-order valence-corrected chi connectivity index (χ3v) is 5.83. The molecule has 0 aliphatic heterocycles. The maximum absolute atomic E-state index is 6.06. The number of anilines is 1. The molecular formula is C15H16ClN3S2. The third kappa shape index (κ3) is 3.05. The van der Waals surface area contributed by atoms with Gasteiger partial charge in [0.1, 0.15) is 10.6 Å². The molecule has 0 radical (unpaired) electrons. The fourth-order valence-electron chi connectivity index (χ4n) is 2.19. The molecule has 3 rings (SSSR count). The monoisotopic (exact) mass is 337 g/mol. The lowest BCUT2D eigenvalue weighted by Gasteiger charge is -2.13. The Labute approximate surface area is 137 Å². The number of halogens is 1. The number of hydrogen-bond acceptors (Lipinski definition) is 5. The van der Waals surface area contributed by atoms with Crippen LogP contribution in [0.25, 0.3) is 10.2 Å². The molecule has 3 aromatic rings. The van der Waals surface area contributed by atoms with Gasteiger partial charge in [-0.3, -0.25) is 0 Å². The number of aromatic nitrogens is 2. The van der Waals surface area contributed by atoms with Gasteiger partial charge < -0.3 is 5.32 Å². The molecule has 110 valence electrons. The molecule has 6 heteroatoms. The number of thiophene rings is 2. The van der Waals surface area contributed by atoms with Crippen molar-refractivity contribution in [1.29, 1.82) is 0 Å². The predicted molar refractivity (Wildman–Crippen MR) is 92.9 cm³/mol. The van der Waals surface area contributed by atoms with Crippen molar-refractivity contribution < 1.29 is 0 Å². The van der Waals surface area contributed by atoms with Gasteiger partial charge in [0.2, 0.25) is 5.28 Å². The van der Waals surface area contributed by atoms with Gasteiger partial charge in [0.05, 0.1) is 11.4 Å². The van der Waals surface area contributed by atoms with Crippen molar-refractivity contribution in [3.63, 3.8) is 0 Å². The Morgan fingerprint density at radius 1 is 1.29 bits per heavy atom. The lowest BCUT2D eigenvalue weighted by atomic mass is 10.2. The average Bonchev–Trinajstić information content (AvgIpc) is 3.04. The van der Waals surface area contributed by atoms with Crippen LogP contribution in [0.5, 0.6) is 0 Å². The predicted octanol–water partition coefficient (Wildman–Crippen LogP) is 5.45. The second kappa shape index (κ2) is 5.91. The van der Waals surface area contributed by atoms with E-state index in [-0.39, 0.29) is 6.04 Å². The van der Waals surface area contributed by atoms with E-state index in [1.807, 2.05) is 0 Å². The van der Waals surface area contributed by atoms with Crippen molar-refractivity contribution in [2.24, 2.45) is 0 Å². The quantitative estimate of drug-likeness (QED) is 0.643. The van der Waals surface area contributed by atoms with Crippen LogP contribution in [0.1, 0.15) is 34.5 Å². The maximum atomic E-state index is 6.06. The third-order valence-electron chi connectivity index (χ3n) is 3.31. The zero-order chi connectivity index (χ0) is 15.0. The molecule has 0 aliphatic rings. The van der Waals surface area contributed by atoms with E-state index in [9.17, 15) is 0 Å². The highest BCUT2D eigenvalue weighted by Crippen LogP contribution is 2.33. The summed E-state index contributed by atoms with van der Waals surface area (Å²) in [7, 11) is 0. The van der Waals surface area contributed by atoms with Gasteiger partial charge in [0.15, 0.2) is 0 Å². The first-order chi connectivity index (χ1) is 10.1. The molecule has 3 nitrogen and oxygen atoms in total. The first kappa shape index (κ1) is 14.8. The topological polar surface area (TPSA) is 37.8 Å². The summed E-state index contributed by atoms with van der Waals surface area (Å²) in [6.45, 7) is 6.40. The fourth-order valence-corrected chi connectivity index (χ4v) is 4.26.